The highest BCUT2D eigenvalue weighted by Gasteiger charge is 2.22. The molecule has 208 valence electrons. The van der Waals surface area contributed by atoms with Crippen molar-refractivity contribution in [2.45, 2.75) is 26.8 Å². The molecule has 0 saturated heterocycles. The van der Waals surface area contributed by atoms with Crippen LogP contribution in [0.5, 0.6) is 0 Å². The number of carbonyl (C=O) groups excluding carboxylic acids is 1. The molecule has 1 amide bonds. The number of aromatic nitrogens is 5. The summed E-state index contributed by atoms with van der Waals surface area (Å²) in [5, 5.41) is 24.4. The number of benzene rings is 3. The fraction of sp³-hybridized carbons (Fsp3) is 0.172. The summed E-state index contributed by atoms with van der Waals surface area (Å²) in [4.78, 5) is 30.0. The van der Waals surface area contributed by atoms with Crippen LogP contribution in [0, 0.1) is 17.6 Å². The zero-order chi connectivity index (χ0) is 29.1. The van der Waals surface area contributed by atoms with Crippen LogP contribution >= 0.6 is 11.3 Å². The molecule has 5 rings (SSSR count). The summed E-state index contributed by atoms with van der Waals surface area (Å²) in [6.07, 6.45) is 0.451. The van der Waals surface area contributed by atoms with Crippen LogP contribution in [0.4, 0.5) is 8.78 Å². The predicted molar refractivity (Wildman–Crippen MR) is 148 cm³/mol. The molecule has 2 heterocycles. The number of thiazole rings is 1. The summed E-state index contributed by atoms with van der Waals surface area (Å²) in [5.41, 5.74) is 2.93. The van der Waals surface area contributed by atoms with E-state index in [-0.39, 0.29) is 23.0 Å². The summed E-state index contributed by atoms with van der Waals surface area (Å²) in [6, 6.07) is 17.7. The second-order valence-corrected chi connectivity index (χ2v) is 10.7. The lowest BCUT2D eigenvalue weighted by Crippen LogP contribution is -2.23. The number of tetrazole rings is 1. The van der Waals surface area contributed by atoms with Gasteiger partial charge in [0.1, 0.15) is 17.3 Å². The molecule has 0 unspecified atom stereocenters. The number of carboxylic acid groups (broad SMARTS) is 1. The molecular formula is C29H24F2N6O3S. The minimum atomic E-state index is -1.16. The topological polar surface area (TPSA) is 126 Å². The van der Waals surface area contributed by atoms with Gasteiger partial charge in [0.05, 0.1) is 12.1 Å². The number of H-pyrrole nitrogens is 1. The maximum atomic E-state index is 14.3. The largest absolute Gasteiger partial charge is 0.477 e. The first-order valence-electron chi connectivity index (χ1n) is 12.6. The van der Waals surface area contributed by atoms with Gasteiger partial charge in [-0.15, -0.1) is 21.5 Å². The third-order valence-electron chi connectivity index (χ3n) is 6.25. The average Bonchev–Trinajstić information content (AvgIpc) is 3.57. The third-order valence-corrected chi connectivity index (χ3v) is 7.35. The number of nitrogens with zero attached hydrogens (tertiary/aromatic N) is 5. The molecule has 0 aliphatic heterocycles. The number of carbonyl (C=O) groups is 2. The molecule has 0 spiro atoms. The minimum absolute atomic E-state index is 0.0151. The Morgan fingerprint density at radius 1 is 1.05 bits per heavy atom. The second-order valence-electron chi connectivity index (χ2n) is 9.66. The van der Waals surface area contributed by atoms with Crippen molar-refractivity contribution in [2.24, 2.45) is 10.9 Å². The summed E-state index contributed by atoms with van der Waals surface area (Å²) >= 11 is 1.07. The minimum Gasteiger partial charge on any atom is -0.477 e. The lowest BCUT2D eigenvalue weighted by molar-refractivity contribution is 0.0683. The maximum absolute atomic E-state index is 14.3. The van der Waals surface area contributed by atoms with E-state index in [1.54, 1.807) is 0 Å². The standard InChI is InChI=1S/C29H24F2N6O3S/c1-16(2)13-24-25(28(39)40)37(29(41-24)32-27(38)22-12-11-19(30)14-23(22)31)15-17-7-9-18(10-8-17)20-5-3-4-6-21(20)26-33-35-36-34-26/h3-12,14,16H,13,15H2,1-2H3,(H,39,40)(H,33,34,35,36). The van der Waals surface area contributed by atoms with Crippen LogP contribution in [0.2, 0.25) is 0 Å². The number of rotatable bonds is 8. The highest BCUT2D eigenvalue weighted by atomic mass is 32.1. The predicted octanol–water partition coefficient (Wildman–Crippen LogP) is 5.36. The van der Waals surface area contributed by atoms with E-state index in [9.17, 15) is 23.5 Å². The van der Waals surface area contributed by atoms with Crippen LogP contribution in [-0.4, -0.2) is 42.2 Å². The van der Waals surface area contributed by atoms with Gasteiger partial charge >= 0.3 is 5.97 Å². The van der Waals surface area contributed by atoms with E-state index in [2.05, 4.69) is 25.6 Å². The molecule has 0 aliphatic carbocycles. The molecule has 0 aliphatic rings. The summed E-state index contributed by atoms with van der Waals surface area (Å²) in [5.74, 6) is -3.36. The van der Waals surface area contributed by atoms with Crippen molar-refractivity contribution in [3.05, 3.63) is 105 Å². The van der Waals surface area contributed by atoms with Crippen LogP contribution in [0.1, 0.15) is 45.1 Å². The van der Waals surface area contributed by atoms with Crippen LogP contribution in [0.25, 0.3) is 22.5 Å². The van der Waals surface area contributed by atoms with Gasteiger partial charge in [0.15, 0.2) is 4.80 Å². The average molecular weight is 575 g/mol. The van der Waals surface area contributed by atoms with Crippen molar-refractivity contribution in [3.8, 4) is 22.5 Å². The first kappa shape index (κ1) is 27.7. The number of halogens is 2. The van der Waals surface area contributed by atoms with E-state index < -0.39 is 29.1 Å². The van der Waals surface area contributed by atoms with Gasteiger partial charge in [-0.3, -0.25) is 4.79 Å². The molecular weight excluding hydrogens is 550 g/mol. The van der Waals surface area contributed by atoms with E-state index in [4.69, 9.17) is 0 Å². The number of nitrogens with one attached hydrogen (secondary N) is 1. The van der Waals surface area contributed by atoms with Crippen LogP contribution < -0.4 is 4.80 Å². The van der Waals surface area contributed by atoms with Gasteiger partial charge in [-0.05, 0) is 46.4 Å². The molecule has 0 radical (unpaired) electrons. The van der Waals surface area contributed by atoms with Gasteiger partial charge in [0, 0.05) is 16.5 Å². The molecule has 0 fully saturated rings. The van der Waals surface area contributed by atoms with Crippen LogP contribution in [-0.2, 0) is 13.0 Å². The maximum Gasteiger partial charge on any atom is 0.353 e. The van der Waals surface area contributed by atoms with E-state index in [1.807, 2.05) is 62.4 Å². The van der Waals surface area contributed by atoms with Gasteiger partial charge < -0.3 is 9.67 Å². The number of aromatic amines is 1. The molecule has 3 aromatic carbocycles. The Morgan fingerprint density at radius 2 is 1.78 bits per heavy atom. The van der Waals surface area contributed by atoms with Gasteiger partial charge in [0.25, 0.3) is 5.91 Å². The molecule has 0 saturated carbocycles. The molecule has 12 heteroatoms. The quantitative estimate of drug-likeness (QED) is 0.257. The smallest absolute Gasteiger partial charge is 0.353 e. The van der Waals surface area contributed by atoms with Crippen molar-refractivity contribution in [3.63, 3.8) is 0 Å². The Balaban J connectivity index is 1.55. The number of hydrogen-bond donors (Lipinski definition) is 2. The van der Waals surface area contributed by atoms with Gasteiger partial charge in [-0.1, -0.05) is 62.4 Å². The van der Waals surface area contributed by atoms with Crippen molar-refractivity contribution in [1.82, 2.24) is 25.2 Å². The Kier molecular flexibility index (Phi) is 7.92. The monoisotopic (exact) mass is 574 g/mol. The summed E-state index contributed by atoms with van der Waals surface area (Å²) in [6.45, 7) is 4.01. The second kappa shape index (κ2) is 11.7. The van der Waals surface area contributed by atoms with E-state index in [0.717, 1.165) is 45.7 Å². The van der Waals surface area contributed by atoms with Crippen molar-refractivity contribution >= 4 is 23.2 Å². The first-order valence-corrected chi connectivity index (χ1v) is 13.4. The van der Waals surface area contributed by atoms with Crippen LogP contribution in [0.3, 0.4) is 0 Å². The fourth-order valence-corrected chi connectivity index (χ4v) is 5.75. The molecule has 41 heavy (non-hydrogen) atoms. The number of hydrogen-bond acceptors (Lipinski definition) is 6. The lowest BCUT2D eigenvalue weighted by Gasteiger charge is -2.11. The highest BCUT2D eigenvalue weighted by molar-refractivity contribution is 7.09. The number of amides is 1. The zero-order valence-electron chi connectivity index (χ0n) is 22.0. The Hall–Kier alpha value is -4.84. The van der Waals surface area contributed by atoms with E-state index in [1.165, 1.54) is 4.57 Å². The van der Waals surface area contributed by atoms with E-state index in [0.29, 0.717) is 23.2 Å². The van der Waals surface area contributed by atoms with Crippen molar-refractivity contribution in [1.29, 1.82) is 0 Å². The zero-order valence-corrected chi connectivity index (χ0v) is 22.8. The fourth-order valence-electron chi connectivity index (χ4n) is 4.42. The molecule has 2 aromatic heterocycles. The highest BCUT2D eigenvalue weighted by Crippen LogP contribution is 2.30. The first-order chi connectivity index (χ1) is 19.7. The molecule has 5 aromatic rings. The number of aromatic carboxylic acids is 1. The van der Waals surface area contributed by atoms with Crippen LogP contribution in [0.15, 0.2) is 71.7 Å². The Labute approximate surface area is 236 Å². The SMILES string of the molecule is CC(C)Cc1sc(=NC(=O)c2ccc(F)cc2F)n(Cc2ccc(-c3ccccc3-c3nn[nH]n3)cc2)c1C(=O)O. The Bertz CT molecular complexity index is 1790. The molecule has 0 bridgehead atoms. The van der Waals surface area contributed by atoms with Crippen molar-refractivity contribution in [2.75, 3.05) is 0 Å². The normalized spacial score (nSPS) is 11.8. The van der Waals surface area contributed by atoms with Gasteiger partial charge in [0.2, 0.25) is 5.82 Å². The Morgan fingerprint density at radius 3 is 2.41 bits per heavy atom. The third kappa shape index (κ3) is 6.02. The summed E-state index contributed by atoms with van der Waals surface area (Å²) < 4.78 is 29.1. The number of carboxylic acids is 1. The van der Waals surface area contributed by atoms with E-state index >= 15 is 0 Å². The van der Waals surface area contributed by atoms with Crippen molar-refractivity contribution < 1.29 is 23.5 Å². The molecule has 9 nitrogen and oxygen atoms in total. The molecule has 0 atom stereocenters. The molecule has 2 N–H and O–H groups in total. The summed E-state index contributed by atoms with van der Waals surface area (Å²) in [7, 11) is 0. The lowest BCUT2D eigenvalue weighted by atomic mass is 9.98. The van der Waals surface area contributed by atoms with Gasteiger partial charge in [-0.25, -0.2) is 13.6 Å². The van der Waals surface area contributed by atoms with Gasteiger partial charge in [-0.2, -0.15) is 10.2 Å².